The Balaban J connectivity index is -0.000000441. The Morgan fingerprint density at radius 1 is 0.239 bits per heavy atom. The van der Waals surface area contributed by atoms with E-state index in [0.29, 0.717) is 57.8 Å². The molecule has 0 amide bonds. The average Bonchev–Trinajstić information content (AvgIpc) is 3.28. The summed E-state index contributed by atoms with van der Waals surface area (Å²) < 4.78 is 0. The van der Waals surface area contributed by atoms with E-state index in [0.717, 1.165) is 116 Å². The summed E-state index contributed by atoms with van der Waals surface area (Å²) in [5.74, 6) is -2.14. The van der Waals surface area contributed by atoms with Crippen LogP contribution in [0.2, 0.25) is 0 Å². The molecule has 0 radical (unpaired) electrons. The Morgan fingerprint density at radius 2 is 0.358 bits per heavy atom. The van der Waals surface area contributed by atoms with Gasteiger partial charge in [0.1, 0.15) is 34.6 Å². The number of hydrogen-bond donors (Lipinski definition) is 6. The van der Waals surface area contributed by atoms with Gasteiger partial charge in [-0.1, -0.05) is 175 Å². The van der Waals surface area contributed by atoms with Crippen LogP contribution >= 0.6 is 0 Å². The third-order valence-electron chi connectivity index (χ3n) is 11.7. The monoisotopic (exact) mass is 967 g/mol. The number of carboxylic acids is 3. The van der Waals surface area contributed by atoms with Crippen LogP contribution in [-0.4, -0.2) is 65.9 Å². The molecule has 6 N–H and O–H groups in total. The smallest absolute Gasteiger partial charge is 0.550 e. The molecule has 12 nitrogen and oxygen atoms in total. The Bertz CT molecular complexity index is 1090. The molecule has 0 aliphatic carbocycles. The van der Waals surface area contributed by atoms with Crippen molar-refractivity contribution >= 4 is 35.3 Å². The molecular weight excluding hydrogens is 868 g/mol. The number of rotatable bonds is 45. The van der Waals surface area contributed by atoms with Gasteiger partial charge in [-0.25, -0.2) is 0 Å². The van der Waals surface area contributed by atoms with Crippen LogP contribution < -0.4 is 15.3 Å². The van der Waals surface area contributed by atoms with Gasteiger partial charge in [0.2, 0.25) is 0 Å². The molecule has 0 saturated carbocycles. The maximum absolute atomic E-state index is 10.2. The first-order chi connectivity index (χ1) is 31.7. The number of aliphatic hydroxyl groups is 6. The second kappa shape index (κ2) is 55.6. The quantitative estimate of drug-likeness (QED) is 0.0190. The fraction of sp³-hybridized carbons (Fsp3) is 0.833. The zero-order valence-corrected chi connectivity index (χ0v) is 44.1. The summed E-state index contributed by atoms with van der Waals surface area (Å²) in [6, 6.07) is 0. The van der Waals surface area contributed by atoms with Gasteiger partial charge in [0.05, 0.1) is 0 Å². The van der Waals surface area contributed by atoms with Gasteiger partial charge in [-0.15, -0.1) is 0 Å². The number of carboxylic acid groups (broad SMARTS) is 3. The van der Waals surface area contributed by atoms with Gasteiger partial charge in [0.15, 0.2) is 0 Å². The summed E-state index contributed by atoms with van der Waals surface area (Å²) in [7, 11) is 0. The molecule has 67 heavy (non-hydrogen) atoms. The molecule has 0 aliphatic rings. The maximum atomic E-state index is 10.2. The summed E-state index contributed by atoms with van der Waals surface area (Å²) in [4.78, 5) is 30.7. The van der Waals surface area contributed by atoms with Gasteiger partial charge in [0.25, 0.3) is 0 Å². The number of unbranched alkanes of at least 4 members (excludes halogenated alkanes) is 27. The second-order valence-electron chi connectivity index (χ2n) is 18.2. The Kier molecular flexibility index (Phi) is 58.5. The SMILES string of the molecule is CCCCCCCC/C(O)=C(/O)CCCCCCCC(=O)[O-].CCCCCCCC/C(O)=C(/O)CCCCCCCC(=O)[O-].CCCCCCCC/C(O)=C(/O)CCCCCCCC(=O)[O-].[Al+3]. The number of hydrogen-bond acceptors (Lipinski definition) is 12. The summed E-state index contributed by atoms with van der Waals surface area (Å²) in [5, 5.41) is 89.4. The Morgan fingerprint density at radius 3 is 0.493 bits per heavy atom. The first kappa shape index (κ1) is 70.5. The van der Waals surface area contributed by atoms with Crippen molar-refractivity contribution in [2.24, 2.45) is 0 Å². The molecule has 0 bridgehead atoms. The van der Waals surface area contributed by atoms with Gasteiger partial charge >= 0.3 is 17.4 Å². The zero-order valence-electron chi connectivity index (χ0n) is 42.9. The minimum Gasteiger partial charge on any atom is -0.550 e. The van der Waals surface area contributed by atoms with Crippen LogP contribution in [-0.2, 0) is 14.4 Å². The van der Waals surface area contributed by atoms with Crippen molar-refractivity contribution in [2.45, 2.75) is 290 Å². The van der Waals surface area contributed by atoms with E-state index >= 15 is 0 Å². The molecule has 0 atom stereocenters. The fourth-order valence-electron chi connectivity index (χ4n) is 7.36. The van der Waals surface area contributed by atoms with E-state index in [9.17, 15) is 60.3 Å². The molecule has 0 rings (SSSR count). The molecule has 0 aromatic rings. The van der Waals surface area contributed by atoms with E-state index in [-0.39, 0.29) is 71.2 Å². The molecule has 0 aromatic heterocycles. The third kappa shape index (κ3) is 59.0. The summed E-state index contributed by atoms with van der Waals surface area (Å²) in [5.41, 5.74) is 0. The fourth-order valence-corrected chi connectivity index (χ4v) is 7.36. The molecule has 0 unspecified atom stereocenters. The maximum Gasteiger partial charge on any atom is 3.00 e. The first-order valence-electron chi connectivity index (χ1n) is 26.6. The predicted molar refractivity (Wildman–Crippen MR) is 269 cm³/mol. The topological polar surface area (TPSA) is 242 Å². The molecular formula is C54H99AlO12. The number of allylic oxidation sites excluding steroid dienone is 6. The van der Waals surface area contributed by atoms with Crippen molar-refractivity contribution in [1.82, 2.24) is 0 Å². The van der Waals surface area contributed by atoms with E-state index in [1.165, 1.54) is 77.0 Å². The zero-order chi connectivity index (χ0) is 49.9. The van der Waals surface area contributed by atoms with Crippen LogP contribution in [0.4, 0.5) is 0 Å². The minimum absolute atomic E-state index is 0. The number of carbonyl (C=O) groups excluding carboxylic acids is 3. The molecule has 0 fully saturated rings. The van der Waals surface area contributed by atoms with Crippen molar-refractivity contribution in [1.29, 1.82) is 0 Å². The minimum atomic E-state index is -0.986. The Labute approximate surface area is 419 Å². The Hall–Kier alpha value is -3.04. The molecule has 13 heteroatoms. The van der Waals surface area contributed by atoms with Crippen LogP contribution in [0, 0.1) is 0 Å². The number of aliphatic hydroxyl groups excluding tert-OH is 6. The largest absolute Gasteiger partial charge is 3.00 e. The normalized spacial score (nSPS) is 12.0. The molecule has 0 saturated heterocycles. The average molecular weight is 967 g/mol. The van der Waals surface area contributed by atoms with Crippen LogP contribution in [0.3, 0.4) is 0 Å². The molecule has 0 aromatic carbocycles. The van der Waals surface area contributed by atoms with E-state index in [1.54, 1.807) is 0 Å². The van der Waals surface area contributed by atoms with Crippen molar-refractivity contribution in [3.63, 3.8) is 0 Å². The molecule has 0 heterocycles. The molecule has 390 valence electrons. The third-order valence-corrected chi connectivity index (χ3v) is 11.7. The summed E-state index contributed by atoms with van der Waals surface area (Å²) >= 11 is 0. The van der Waals surface area contributed by atoms with E-state index in [1.807, 2.05) is 0 Å². The van der Waals surface area contributed by atoms with Gasteiger partial charge < -0.3 is 60.3 Å². The van der Waals surface area contributed by atoms with Crippen LogP contribution in [0.5, 0.6) is 0 Å². The van der Waals surface area contributed by atoms with Crippen molar-refractivity contribution in [3.05, 3.63) is 34.6 Å². The standard InChI is InChI=1S/3C18H34O4.Al/c3*1-2-3-4-5-7-10-13-16(19)17(20)14-11-8-6-9-12-15-18(21)22;/h3*19-20H,2-15H2,1H3,(H,21,22);/q;;;+3/p-3/b3*17-16-;. The van der Waals surface area contributed by atoms with E-state index < -0.39 is 17.9 Å². The van der Waals surface area contributed by atoms with Crippen molar-refractivity contribution in [3.8, 4) is 0 Å². The predicted octanol–water partition coefficient (Wildman–Crippen LogP) is 13.3. The van der Waals surface area contributed by atoms with Gasteiger partial charge in [-0.3, -0.25) is 0 Å². The number of aliphatic carboxylic acids is 3. The van der Waals surface area contributed by atoms with Gasteiger partial charge in [-0.2, -0.15) is 0 Å². The van der Waals surface area contributed by atoms with Crippen LogP contribution in [0.25, 0.3) is 0 Å². The first-order valence-corrected chi connectivity index (χ1v) is 26.6. The summed E-state index contributed by atoms with van der Waals surface area (Å²) in [6.45, 7) is 6.57. The van der Waals surface area contributed by atoms with Crippen LogP contribution in [0.1, 0.15) is 290 Å². The van der Waals surface area contributed by atoms with Gasteiger partial charge in [-0.05, 0) is 77.0 Å². The number of carbonyl (C=O) groups is 3. The van der Waals surface area contributed by atoms with Gasteiger partial charge in [0, 0.05) is 56.4 Å². The van der Waals surface area contributed by atoms with Crippen molar-refractivity contribution < 1.29 is 60.3 Å². The second-order valence-corrected chi connectivity index (χ2v) is 18.2. The van der Waals surface area contributed by atoms with E-state index in [2.05, 4.69) is 20.8 Å². The molecule has 0 spiro atoms. The summed E-state index contributed by atoms with van der Waals surface area (Å²) in [6.07, 6.45) is 37.5. The molecule has 0 aliphatic heterocycles. The van der Waals surface area contributed by atoms with Crippen molar-refractivity contribution in [2.75, 3.05) is 0 Å². The van der Waals surface area contributed by atoms with Crippen LogP contribution in [0.15, 0.2) is 34.6 Å². The van der Waals surface area contributed by atoms with E-state index in [4.69, 9.17) is 0 Å².